The molecule has 0 amide bonds. The van der Waals surface area contributed by atoms with Gasteiger partial charge >= 0.3 is 0 Å². The third-order valence-electron chi connectivity index (χ3n) is 5.42. The lowest BCUT2D eigenvalue weighted by atomic mass is 9.89. The van der Waals surface area contributed by atoms with E-state index in [-0.39, 0.29) is 0 Å². The molecule has 2 fully saturated rings. The number of hydrogen-bond donors (Lipinski definition) is 1. The van der Waals surface area contributed by atoms with Crippen LogP contribution in [0.3, 0.4) is 0 Å². The van der Waals surface area contributed by atoms with Crippen LogP contribution in [0.1, 0.15) is 57.6 Å². The van der Waals surface area contributed by atoms with Crippen molar-refractivity contribution >= 4 is 0 Å². The van der Waals surface area contributed by atoms with Gasteiger partial charge in [0.25, 0.3) is 0 Å². The van der Waals surface area contributed by atoms with Gasteiger partial charge in [0.1, 0.15) is 5.75 Å². The fraction of sp³-hybridized carbons (Fsp3) is 0.684. The lowest BCUT2D eigenvalue weighted by Crippen LogP contribution is -2.22. The smallest absolute Gasteiger partial charge is 0.124 e. The summed E-state index contributed by atoms with van der Waals surface area (Å²) in [5, 5.41) is 3.56. The van der Waals surface area contributed by atoms with E-state index in [9.17, 15) is 0 Å². The van der Waals surface area contributed by atoms with Crippen molar-refractivity contribution in [2.75, 3.05) is 13.2 Å². The van der Waals surface area contributed by atoms with E-state index in [1.54, 1.807) is 0 Å². The molecule has 1 aromatic carbocycles. The lowest BCUT2D eigenvalue weighted by Gasteiger charge is -2.24. The topological polar surface area (TPSA) is 21.3 Å². The number of nitrogens with one attached hydrogen (secondary N) is 1. The molecule has 116 valence electrons. The quantitative estimate of drug-likeness (QED) is 0.793. The first-order chi connectivity index (χ1) is 10.3. The van der Waals surface area contributed by atoms with Crippen LogP contribution >= 0.6 is 0 Å². The highest BCUT2D eigenvalue weighted by Gasteiger charge is 2.39. The highest BCUT2D eigenvalue weighted by atomic mass is 16.5. The van der Waals surface area contributed by atoms with Gasteiger partial charge in [-0.1, -0.05) is 31.5 Å². The van der Waals surface area contributed by atoms with Crippen LogP contribution in [-0.2, 0) is 0 Å². The SMILES string of the molecule is CCCNC(C)c1ccccc1OCC1CC2CCC1C2. The number of ether oxygens (including phenoxy) is 1. The maximum Gasteiger partial charge on any atom is 0.124 e. The van der Waals surface area contributed by atoms with E-state index in [0.29, 0.717) is 6.04 Å². The van der Waals surface area contributed by atoms with Crippen molar-refractivity contribution in [1.29, 1.82) is 0 Å². The number of rotatable bonds is 7. The Hall–Kier alpha value is -1.02. The Labute approximate surface area is 129 Å². The number of para-hydroxylation sites is 1. The van der Waals surface area contributed by atoms with E-state index < -0.39 is 0 Å². The zero-order valence-corrected chi connectivity index (χ0v) is 13.5. The Bertz CT molecular complexity index is 459. The monoisotopic (exact) mass is 287 g/mol. The normalized spacial score (nSPS) is 28.8. The molecule has 4 unspecified atom stereocenters. The summed E-state index contributed by atoms with van der Waals surface area (Å²) >= 11 is 0. The van der Waals surface area contributed by atoms with Crippen LogP contribution in [0.4, 0.5) is 0 Å². The third kappa shape index (κ3) is 3.42. The van der Waals surface area contributed by atoms with Crippen LogP contribution in [-0.4, -0.2) is 13.2 Å². The van der Waals surface area contributed by atoms with Crippen molar-refractivity contribution in [2.24, 2.45) is 17.8 Å². The fourth-order valence-electron chi connectivity index (χ4n) is 4.22. The summed E-state index contributed by atoms with van der Waals surface area (Å²) in [5.74, 6) is 3.83. The average Bonchev–Trinajstić information content (AvgIpc) is 3.13. The molecule has 3 rings (SSSR count). The molecule has 0 saturated heterocycles. The maximum absolute atomic E-state index is 6.23. The summed E-state index contributed by atoms with van der Waals surface area (Å²) in [4.78, 5) is 0. The van der Waals surface area contributed by atoms with Crippen LogP contribution < -0.4 is 10.1 Å². The predicted molar refractivity (Wildman–Crippen MR) is 87.6 cm³/mol. The second-order valence-electron chi connectivity index (χ2n) is 6.96. The van der Waals surface area contributed by atoms with Crippen LogP contribution in [0.15, 0.2) is 24.3 Å². The minimum Gasteiger partial charge on any atom is -0.493 e. The Morgan fingerprint density at radius 1 is 1.24 bits per heavy atom. The van der Waals surface area contributed by atoms with Crippen molar-refractivity contribution in [3.05, 3.63) is 29.8 Å². The first kappa shape index (κ1) is 14.9. The molecule has 0 heterocycles. The van der Waals surface area contributed by atoms with Gasteiger partial charge in [-0.2, -0.15) is 0 Å². The van der Waals surface area contributed by atoms with E-state index in [4.69, 9.17) is 4.74 Å². The lowest BCUT2D eigenvalue weighted by molar-refractivity contribution is 0.193. The van der Waals surface area contributed by atoms with Gasteiger partial charge in [0.15, 0.2) is 0 Å². The molecule has 2 bridgehead atoms. The van der Waals surface area contributed by atoms with Gasteiger partial charge in [-0.05, 0) is 63.0 Å². The highest BCUT2D eigenvalue weighted by Crippen LogP contribution is 2.48. The molecule has 21 heavy (non-hydrogen) atoms. The molecule has 2 aliphatic rings. The molecule has 0 radical (unpaired) electrons. The van der Waals surface area contributed by atoms with Crippen LogP contribution in [0, 0.1) is 17.8 Å². The molecular formula is C19H29NO. The second-order valence-corrected chi connectivity index (χ2v) is 6.96. The zero-order valence-electron chi connectivity index (χ0n) is 13.5. The van der Waals surface area contributed by atoms with Gasteiger partial charge in [0.05, 0.1) is 6.61 Å². The van der Waals surface area contributed by atoms with Crippen molar-refractivity contribution < 1.29 is 4.74 Å². The molecule has 0 aliphatic heterocycles. The Morgan fingerprint density at radius 3 is 2.81 bits per heavy atom. The van der Waals surface area contributed by atoms with E-state index in [1.807, 2.05) is 0 Å². The van der Waals surface area contributed by atoms with E-state index in [0.717, 1.165) is 36.7 Å². The van der Waals surface area contributed by atoms with Crippen molar-refractivity contribution in [3.63, 3.8) is 0 Å². The largest absolute Gasteiger partial charge is 0.493 e. The Balaban J connectivity index is 1.59. The zero-order chi connectivity index (χ0) is 14.7. The Kier molecular flexibility index (Phi) is 4.84. The molecule has 0 aromatic heterocycles. The van der Waals surface area contributed by atoms with Crippen LogP contribution in [0.5, 0.6) is 5.75 Å². The van der Waals surface area contributed by atoms with Gasteiger partial charge in [-0.3, -0.25) is 0 Å². The second kappa shape index (κ2) is 6.83. The van der Waals surface area contributed by atoms with Crippen molar-refractivity contribution in [1.82, 2.24) is 5.32 Å². The summed E-state index contributed by atoms with van der Waals surface area (Å²) in [6.45, 7) is 6.41. The summed E-state index contributed by atoms with van der Waals surface area (Å²) in [6.07, 6.45) is 6.93. The fourth-order valence-corrected chi connectivity index (χ4v) is 4.22. The van der Waals surface area contributed by atoms with Crippen LogP contribution in [0.25, 0.3) is 0 Å². The molecule has 1 N–H and O–H groups in total. The number of hydrogen-bond acceptors (Lipinski definition) is 2. The minimum absolute atomic E-state index is 0.362. The van der Waals surface area contributed by atoms with Gasteiger partial charge < -0.3 is 10.1 Å². The van der Waals surface area contributed by atoms with Crippen molar-refractivity contribution in [2.45, 2.75) is 52.0 Å². The first-order valence-electron chi connectivity index (χ1n) is 8.73. The maximum atomic E-state index is 6.23. The van der Waals surface area contributed by atoms with Gasteiger partial charge in [0, 0.05) is 11.6 Å². The first-order valence-corrected chi connectivity index (χ1v) is 8.73. The number of benzene rings is 1. The third-order valence-corrected chi connectivity index (χ3v) is 5.42. The van der Waals surface area contributed by atoms with Gasteiger partial charge in [-0.25, -0.2) is 0 Å². The summed E-state index contributed by atoms with van der Waals surface area (Å²) < 4.78 is 6.23. The molecular weight excluding hydrogens is 258 g/mol. The van der Waals surface area contributed by atoms with Gasteiger partial charge in [0.2, 0.25) is 0 Å². The molecule has 4 atom stereocenters. The van der Waals surface area contributed by atoms with Gasteiger partial charge in [-0.15, -0.1) is 0 Å². The molecule has 2 nitrogen and oxygen atoms in total. The number of fused-ring (bicyclic) bond motifs is 2. The average molecular weight is 287 g/mol. The molecule has 2 aliphatic carbocycles. The molecule has 2 saturated carbocycles. The Morgan fingerprint density at radius 2 is 2.10 bits per heavy atom. The van der Waals surface area contributed by atoms with E-state index in [2.05, 4.69) is 43.4 Å². The summed E-state index contributed by atoms with van der Waals surface area (Å²) in [6, 6.07) is 8.90. The van der Waals surface area contributed by atoms with Crippen LogP contribution in [0.2, 0.25) is 0 Å². The summed E-state index contributed by atoms with van der Waals surface area (Å²) in [7, 11) is 0. The molecule has 0 spiro atoms. The minimum atomic E-state index is 0.362. The van der Waals surface area contributed by atoms with E-state index in [1.165, 1.54) is 37.7 Å². The van der Waals surface area contributed by atoms with E-state index >= 15 is 0 Å². The van der Waals surface area contributed by atoms with Crippen molar-refractivity contribution in [3.8, 4) is 5.75 Å². The predicted octanol–water partition coefficient (Wildman–Crippen LogP) is 4.56. The standard InChI is InChI=1S/C19H29NO/c1-3-10-20-14(2)18-6-4-5-7-19(18)21-13-17-12-15-8-9-16(17)11-15/h4-7,14-17,20H,3,8-13H2,1-2H3. The summed E-state index contributed by atoms with van der Waals surface area (Å²) in [5.41, 5.74) is 1.30. The molecule has 1 aromatic rings. The highest BCUT2D eigenvalue weighted by molar-refractivity contribution is 5.35. The molecule has 2 heteroatoms.